The second-order valence-electron chi connectivity index (χ2n) is 6.39. The molecule has 2 aromatic carbocycles. The minimum absolute atomic E-state index is 0.0297. The first-order valence-electron chi connectivity index (χ1n) is 8.69. The van der Waals surface area contributed by atoms with Crippen LogP contribution in [0.3, 0.4) is 0 Å². The zero-order chi connectivity index (χ0) is 18.8. The minimum atomic E-state index is 0.0297. The molecule has 0 saturated carbocycles. The Bertz CT molecular complexity index is 1140. The molecule has 0 saturated heterocycles. The summed E-state index contributed by atoms with van der Waals surface area (Å²) in [6.45, 7) is 3.58. The van der Waals surface area contributed by atoms with Gasteiger partial charge >= 0.3 is 0 Å². The predicted molar refractivity (Wildman–Crippen MR) is 106 cm³/mol. The average molecular weight is 354 g/mol. The summed E-state index contributed by atoms with van der Waals surface area (Å²) in [6, 6.07) is 21.0. The molecule has 0 spiro atoms. The molecule has 0 aliphatic carbocycles. The minimum Gasteiger partial charge on any atom is -0.295 e. The Morgan fingerprint density at radius 3 is 2.37 bits per heavy atom. The molecular weight excluding hydrogens is 336 g/mol. The molecule has 0 N–H and O–H groups in total. The van der Waals surface area contributed by atoms with Crippen LogP contribution >= 0.6 is 0 Å². The number of imidazole rings is 1. The van der Waals surface area contributed by atoms with Crippen LogP contribution in [-0.2, 0) is 0 Å². The Labute approximate surface area is 157 Å². The van der Waals surface area contributed by atoms with E-state index >= 15 is 0 Å². The van der Waals surface area contributed by atoms with Crippen LogP contribution in [0.4, 0.5) is 11.5 Å². The van der Waals surface area contributed by atoms with Crippen LogP contribution in [0.1, 0.15) is 22.8 Å². The van der Waals surface area contributed by atoms with Crippen molar-refractivity contribution in [2.45, 2.75) is 13.8 Å². The van der Waals surface area contributed by atoms with Crippen LogP contribution in [0.25, 0.3) is 16.9 Å². The van der Waals surface area contributed by atoms with E-state index in [0.717, 1.165) is 22.5 Å². The molecule has 0 aliphatic heterocycles. The largest absolute Gasteiger partial charge is 0.295 e. The third kappa shape index (κ3) is 3.40. The van der Waals surface area contributed by atoms with Gasteiger partial charge in [-0.15, -0.1) is 10.2 Å². The lowest BCUT2D eigenvalue weighted by Gasteiger charge is -2.01. The van der Waals surface area contributed by atoms with E-state index in [1.165, 1.54) is 0 Å². The smallest absolute Gasteiger partial charge is 0.187 e. The van der Waals surface area contributed by atoms with Gasteiger partial charge in [-0.3, -0.25) is 9.20 Å². The van der Waals surface area contributed by atoms with Crippen molar-refractivity contribution in [3.63, 3.8) is 0 Å². The third-order valence-electron chi connectivity index (χ3n) is 4.32. The second-order valence-corrected chi connectivity index (χ2v) is 6.39. The highest BCUT2D eigenvalue weighted by Crippen LogP contribution is 2.32. The van der Waals surface area contributed by atoms with Gasteiger partial charge < -0.3 is 0 Å². The van der Waals surface area contributed by atoms with Gasteiger partial charge in [-0.25, -0.2) is 4.98 Å². The summed E-state index contributed by atoms with van der Waals surface area (Å²) in [5, 5.41) is 8.87. The summed E-state index contributed by atoms with van der Waals surface area (Å²) in [5.41, 5.74) is 5.04. The van der Waals surface area contributed by atoms with Gasteiger partial charge in [0.05, 0.1) is 5.69 Å². The Hall–Kier alpha value is -3.60. The Morgan fingerprint density at radius 1 is 0.926 bits per heavy atom. The highest BCUT2D eigenvalue weighted by molar-refractivity contribution is 5.94. The van der Waals surface area contributed by atoms with Crippen LogP contribution in [-0.4, -0.2) is 15.2 Å². The molecule has 0 bridgehead atoms. The van der Waals surface area contributed by atoms with E-state index in [4.69, 9.17) is 4.98 Å². The number of aromatic nitrogens is 2. The SMILES string of the molecule is CC(=O)c1ccc(N=Nc2c(-c3ccccc3)nc3ccc(C)cn23)cc1. The van der Waals surface area contributed by atoms with Crippen molar-refractivity contribution >= 4 is 22.9 Å². The van der Waals surface area contributed by atoms with Crippen LogP contribution in [0.2, 0.25) is 0 Å². The summed E-state index contributed by atoms with van der Waals surface area (Å²) >= 11 is 0. The van der Waals surface area contributed by atoms with Crippen LogP contribution in [0.5, 0.6) is 0 Å². The lowest BCUT2D eigenvalue weighted by molar-refractivity contribution is 0.101. The lowest BCUT2D eigenvalue weighted by Crippen LogP contribution is -1.89. The normalized spacial score (nSPS) is 11.3. The Balaban J connectivity index is 1.81. The topological polar surface area (TPSA) is 59.1 Å². The maximum Gasteiger partial charge on any atom is 0.187 e. The number of fused-ring (bicyclic) bond motifs is 1. The number of hydrogen-bond acceptors (Lipinski definition) is 4. The fourth-order valence-electron chi connectivity index (χ4n) is 2.89. The number of ketones is 1. The van der Waals surface area contributed by atoms with E-state index in [-0.39, 0.29) is 5.78 Å². The number of hydrogen-bond donors (Lipinski definition) is 0. The summed E-state index contributed by atoms with van der Waals surface area (Å²) in [7, 11) is 0. The first-order valence-corrected chi connectivity index (χ1v) is 8.69. The highest BCUT2D eigenvalue weighted by atomic mass is 16.1. The number of nitrogens with zero attached hydrogens (tertiary/aromatic N) is 4. The van der Waals surface area contributed by atoms with E-state index in [9.17, 15) is 4.79 Å². The van der Waals surface area contributed by atoms with Gasteiger partial charge in [0, 0.05) is 17.3 Å². The van der Waals surface area contributed by atoms with Crippen molar-refractivity contribution in [1.29, 1.82) is 0 Å². The molecule has 0 amide bonds. The van der Waals surface area contributed by atoms with Gasteiger partial charge in [-0.1, -0.05) is 36.4 Å². The monoisotopic (exact) mass is 354 g/mol. The maximum atomic E-state index is 11.4. The number of rotatable bonds is 4. The number of Topliss-reactive ketones (excluding diaryl/α,β-unsaturated/α-hetero) is 1. The molecule has 27 heavy (non-hydrogen) atoms. The zero-order valence-corrected chi connectivity index (χ0v) is 15.1. The maximum absolute atomic E-state index is 11.4. The molecule has 0 unspecified atom stereocenters. The Kier molecular flexibility index (Phi) is 4.34. The van der Waals surface area contributed by atoms with Gasteiger partial charge in [-0.2, -0.15) is 0 Å². The summed E-state index contributed by atoms with van der Waals surface area (Å²) in [5.74, 6) is 0.706. The number of azo groups is 1. The van der Waals surface area contributed by atoms with E-state index in [2.05, 4.69) is 10.2 Å². The molecule has 5 nitrogen and oxygen atoms in total. The molecule has 0 fully saturated rings. The molecule has 5 heteroatoms. The van der Waals surface area contributed by atoms with E-state index in [1.807, 2.05) is 60.0 Å². The predicted octanol–water partition coefficient (Wildman–Crippen LogP) is 5.93. The van der Waals surface area contributed by atoms with Gasteiger partial charge in [0.2, 0.25) is 0 Å². The van der Waals surface area contributed by atoms with E-state index in [1.54, 1.807) is 31.2 Å². The summed E-state index contributed by atoms with van der Waals surface area (Å²) in [4.78, 5) is 16.2. The first kappa shape index (κ1) is 16.8. The third-order valence-corrected chi connectivity index (χ3v) is 4.32. The molecule has 2 aromatic heterocycles. The van der Waals surface area contributed by atoms with Gasteiger partial charge in [-0.05, 0) is 49.7 Å². The standard InChI is InChI=1S/C22H18N4O/c1-15-8-13-20-23-21(18-6-4-3-5-7-18)22(26(20)14-15)25-24-19-11-9-17(10-12-19)16(2)27/h3-14H,1-2H3. The van der Waals surface area contributed by atoms with Gasteiger partial charge in [0.1, 0.15) is 11.3 Å². The second kappa shape index (κ2) is 6.96. The van der Waals surface area contributed by atoms with Crippen molar-refractivity contribution < 1.29 is 4.79 Å². The Morgan fingerprint density at radius 2 is 1.67 bits per heavy atom. The number of benzene rings is 2. The van der Waals surface area contributed by atoms with Crippen LogP contribution < -0.4 is 0 Å². The lowest BCUT2D eigenvalue weighted by atomic mass is 10.1. The fraction of sp³-hybridized carbons (Fsp3) is 0.0909. The van der Waals surface area contributed by atoms with Gasteiger partial charge in [0.15, 0.2) is 11.6 Å². The van der Waals surface area contributed by atoms with Gasteiger partial charge in [0.25, 0.3) is 0 Å². The fourth-order valence-corrected chi connectivity index (χ4v) is 2.89. The summed E-state index contributed by atoms with van der Waals surface area (Å²) in [6.07, 6.45) is 2.00. The summed E-state index contributed by atoms with van der Waals surface area (Å²) < 4.78 is 1.95. The van der Waals surface area contributed by atoms with E-state index in [0.29, 0.717) is 17.1 Å². The molecule has 4 rings (SSSR count). The van der Waals surface area contributed by atoms with Crippen molar-refractivity contribution in [1.82, 2.24) is 9.38 Å². The van der Waals surface area contributed by atoms with Crippen molar-refractivity contribution in [2.24, 2.45) is 10.2 Å². The quantitative estimate of drug-likeness (QED) is 0.337. The molecule has 0 atom stereocenters. The molecule has 0 aliphatic rings. The van der Waals surface area contributed by atoms with Crippen LogP contribution in [0.15, 0.2) is 83.2 Å². The molecule has 2 heterocycles. The van der Waals surface area contributed by atoms with E-state index < -0.39 is 0 Å². The molecule has 132 valence electrons. The number of aryl methyl sites for hydroxylation is 1. The molecular formula is C22H18N4O. The molecule has 0 radical (unpaired) electrons. The number of pyridine rings is 1. The highest BCUT2D eigenvalue weighted by Gasteiger charge is 2.14. The van der Waals surface area contributed by atoms with Crippen molar-refractivity contribution in [3.8, 4) is 11.3 Å². The zero-order valence-electron chi connectivity index (χ0n) is 15.1. The van der Waals surface area contributed by atoms with Crippen molar-refractivity contribution in [2.75, 3.05) is 0 Å². The molecule has 4 aromatic rings. The average Bonchev–Trinajstić information content (AvgIpc) is 3.05. The van der Waals surface area contributed by atoms with Crippen LogP contribution in [0, 0.1) is 6.92 Å². The van der Waals surface area contributed by atoms with Crippen molar-refractivity contribution in [3.05, 3.63) is 84.1 Å². The first-order chi connectivity index (χ1) is 13.1. The number of carbonyl (C=O) groups is 1. The number of carbonyl (C=O) groups excluding carboxylic acids is 1.